The Morgan fingerprint density at radius 3 is 2.65 bits per heavy atom. The van der Waals surface area contributed by atoms with E-state index in [0.29, 0.717) is 12.0 Å². The highest BCUT2D eigenvalue weighted by atomic mass is 15.1. The molecule has 1 aliphatic rings. The van der Waals surface area contributed by atoms with E-state index in [4.69, 9.17) is 5.73 Å². The van der Waals surface area contributed by atoms with Gasteiger partial charge in [0.2, 0.25) is 0 Å². The van der Waals surface area contributed by atoms with Crippen molar-refractivity contribution in [1.29, 1.82) is 0 Å². The Kier molecular flexibility index (Phi) is 4.21. The zero-order chi connectivity index (χ0) is 12.3. The van der Waals surface area contributed by atoms with E-state index in [0.717, 1.165) is 12.5 Å². The van der Waals surface area contributed by atoms with Crippen molar-refractivity contribution < 1.29 is 0 Å². The van der Waals surface area contributed by atoms with E-state index in [-0.39, 0.29) is 0 Å². The predicted molar refractivity (Wildman–Crippen MR) is 71.0 cm³/mol. The van der Waals surface area contributed by atoms with Crippen molar-refractivity contribution in [3.05, 3.63) is 18.2 Å². The molecule has 1 unspecified atom stereocenters. The fourth-order valence-electron chi connectivity index (χ4n) is 3.09. The molecule has 0 radical (unpaired) electrons. The molecule has 3 heteroatoms. The number of hydrogen-bond donors (Lipinski definition) is 1. The zero-order valence-electron chi connectivity index (χ0n) is 11.1. The van der Waals surface area contributed by atoms with Gasteiger partial charge < -0.3 is 10.3 Å². The molecule has 1 aliphatic carbocycles. The molecule has 1 atom stereocenters. The lowest BCUT2D eigenvalue weighted by Crippen LogP contribution is -2.29. The van der Waals surface area contributed by atoms with Crippen LogP contribution >= 0.6 is 0 Å². The zero-order valence-corrected chi connectivity index (χ0v) is 11.1. The Morgan fingerprint density at radius 1 is 1.35 bits per heavy atom. The van der Waals surface area contributed by atoms with Crippen LogP contribution in [0.2, 0.25) is 0 Å². The van der Waals surface area contributed by atoms with Crippen LogP contribution in [0.1, 0.15) is 63.6 Å². The lowest BCUT2D eigenvalue weighted by molar-refractivity contribution is 0.249. The molecule has 1 aromatic rings. The van der Waals surface area contributed by atoms with Gasteiger partial charge in [0.15, 0.2) is 0 Å². The number of nitrogens with zero attached hydrogens (tertiary/aromatic N) is 2. The van der Waals surface area contributed by atoms with Gasteiger partial charge in [-0.25, -0.2) is 4.98 Å². The summed E-state index contributed by atoms with van der Waals surface area (Å²) in [6.07, 6.45) is 10.8. The second-order valence-corrected chi connectivity index (χ2v) is 5.58. The van der Waals surface area contributed by atoms with E-state index < -0.39 is 0 Å². The quantitative estimate of drug-likeness (QED) is 0.871. The molecule has 0 bridgehead atoms. The summed E-state index contributed by atoms with van der Waals surface area (Å²) in [5, 5.41) is 0. The van der Waals surface area contributed by atoms with Crippen molar-refractivity contribution in [1.82, 2.24) is 9.55 Å². The van der Waals surface area contributed by atoms with Crippen molar-refractivity contribution in [2.75, 3.05) is 6.54 Å². The van der Waals surface area contributed by atoms with Gasteiger partial charge in [-0.3, -0.25) is 0 Å². The molecule has 1 heterocycles. The van der Waals surface area contributed by atoms with E-state index in [1.54, 1.807) is 0 Å². The topological polar surface area (TPSA) is 43.8 Å². The molecule has 0 amide bonds. The van der Waals surface area contributed by atoms with Crippen LogP contribution in [0.3, 0.4) is 0 Å². The first-order valence-corrected chi connectivity index (χ1v) is 6.95. The maximum Gasteiger partial charge on any atom is 0.0951 e. The summed E-state index contributed by atoms with van der Waals surface area (Å²) in [5.41, 5.74) is 7.34. The molecule has 1 fully saturated rings. The number of aromatic nitrogens is 2. The molecule has 1 aromatic heterocycles. The summed E-state index contributed by atoms with van der Waals surface area (Å²) >= 11 is 0. The van der Waals surface area contributed by atoms with Crippen LogP contribution in [-0.4, -0.2) is 16.1 Å². The molecule has 2 rings (SSSR count). The van der Waals surface area contributed by atoms with Gasteiger partial charge in [0.05, 0.1) is 6.33 Å². The van der Waals surface area contributed by atoms with Crippen molar-refractivity contribution in [2.45, 2.75) is 57.9 Å². The number of nitrogens with two attached hydrogens (primary N) is 1. The van der Waals surface area contributed by atoms with Crippen LogP contribution in [0, 0.1) is 5.92 Å². The first-order valence-electron chi connectivity index (χ1n) is 6.95. The van der Waals surface area contributed by atoms with Gasteiger partial charge in [-0.05, 0) is 24.7 Å². The summed E-state index contributed by atoms with van der Waals surface area (Å²) in [7, 11) is 0. The Labute approximate surface area is 104 Å². The van der Waals surface area contributed by atoms with Crippen molar-refractivity contribution in [3.63, 3.8) is 0 Å². The third kappa shape index (κ3) is 2.71. The van der Waals surface area contributed by atoms with Gasteiger partial charge in [0.1, 0.15) is 0 Å². The SMILES string of the molecule is CC(C)c1cncn1C(CN)C1CCCCC1. The predicted octanol–water partition coefficient (Wildman–Crippen LogP) is 3.09. The summed E-state index contributed by atoms with van der Waals surface area (Å²) in [4.78, 5) is 4.31. The number of hydrogen-bond acceptors (Lipinski definition) is 2. The first-order chi connectivity index (χ1) is 8.24. The van der Waals surface area contributed by atoms with Gasteiger partial charge in [-0.2, -0.15) is 0 Å². The average molecular weight is 235 g/mol. The van der Waals surface area contributed by atoms with E-state index in [9.17, 15) is 0 Å². The maximum absolute atomic E-state index is 6.02. The van der Waals surface area contributed by atoms with Gasteiger partial charge in [0.25, 0.3) is 0 Å². The van der Waals surface area contributed by atoms with E-state index in [2.05, 4.69) is 23.4 Å². The maximum atomic E-state index is 6.02. The molecule has 2 N–H and O–H groups in total. The van der Waals surface area contributed by atoms with Crippen LogP contribution in [0.25, 0.3) is 0 Å². The Balaban J connectivity index is 2.18. The van der Waals surface area contributed by atoms with Crippen LogP contribution < -0.4 is 5.73 Å². The van der Waals surface area contributed by atoms with Gasteiger partial charge in [-0.15, -0.1) is 0 Å². The Hall–Kier alpha value is -0.830. The fourth-order valence-corrected chi connectivity index (χ4v) is 3.09. The van der Waals surface area contributed by atoms with Crippen LogP contribution in [0.5, 0.6) is 0 Å². The standard InChI is InChI=1S/C14H25N3/c1-11(2)14-9-16-10-17(14)13(8-15)12-6-4-3-5-7-12/h9-13H,3-8,15H2,1-2H3. The summed E-state index contributed by atoms with van der Waals surface area (Å²) in [6.45, 7) is 5.19. The molecule has 0 saturated heterocycles. The van der Waals surface area contributed by atoms with Gasteiger partial charge >= 0.3 is 0 Å². The molecule has 17 heavy (non-hydrogen) atoms. The molecule has 0 aliphatic heterocycles. The summed E-state index contributed by atoms with van der Waals surface area (Å²) in [6, 6.07) is 0.454. The van der Waals surface area contributed by atoms with E-state index in [1.165, 1.54) is 37.8 Å². The Bertz CT molecular complexity index is 337. The largest absolute Gasteiger partial charge is 0.330 e. The number of rotatable bonds is 4. The normalized spacial score (nSPS) is 19.8. The van der Waals surface area contributed by atoms with E-state index >= 15 is 0 Å². The molecule has 1 saturated carbocycles. The molecule has 0 aromatic carbocycles. The first kappa shape index (κ1) is 12.6. The highest BCUT2D eigenvalue weighted by molar-refractivity contribution is 5.06. The van der Waals surface area contributed by atoms with Crippen LogP contribution in [0.15, 0.2) is 12.5 Å². The van der Waals surface area contributed by atoms with Gasteiger partial charge in [0, 0.05) is 24.5 Å². The minimum atomic E-state index is 0.454. The van der Waals surface area contributed by atoms with Crippen LogP contribution in [-0.2, 0) is 0 Å². The Morgan fingerprint density at radius 2 is 2.06 bits per heavy atom. The third-order valence-electron chi connectivity index (χ3n) is 4.08. The summed E-state index contributed by atoms with van der Waals surface area (Å²) < 4.78 is 2.33. The monoisotopic (exact) mass is 235 g/mol. The van der Waals surface area contributed by atoms with Crippen molar-refractivity contribution in [2.24, 2.45) is 11.7 Å². The lowest BCUT2D eigenvalue weighted by Gasteiger charge is -2.32. The molecule has 0 spiro atoms. The third-order valence-corrected chi connectivity index (χ3v) is 4.08. The molecule has 3 nitrogen and oxygen atoms in total. The molecule has 96 valence electrons. The highest BCUT2D eigenvalue weighted by Crippen LogP contribution is 2.33. The second kappa shape index (κ2) is 5.67. The van der Waals surface area contributed by atoms with Crippen molar-refractivity contribution in [3.8, 4) is 0 Å². The smallest absolute Gasteiger partial charge is 0.0951 e. The number of imidazole rings is 1. The minimum Gasteiger partial charge on any atom is -0.330 e. The molecular weight excluding hydrogens is 210 g/mol. The van der Waals surface area contributed by atoms with Crippen molar-refractivity contribution >= 4 is 0 Å². The van der Waals surface area contributed by atoms with Gasteiger partial charge in [-0.1, -0.05) is 33.1 Å². The fraction of sp³-hybridized carbons (Fsp3) is 0.786. The molecular formula is C14H25N3. The van der Waals surface area contributed by atoms with E-state index in [1.807, 2.05) is 12.5 Å². The second-order valence-electron chi connectivity index (χ2n) is 5.58. The van der Waals surface area contributed by atoms with Crippen LogP contribution in [0.4, 0.5) is 0 Å². The highest BCUT2D eigenvalue weighted by Gasteiger charge is 2.25. The lowest BCUT2D eigenvalue weighted by atomic mass is 9.83. The summed E-state index contributed by atoms with van der Waals surface area (Å²) in [5.74, 6) is 1.27. The average Bonchev–Trinajstić information content (AvgIpc) is 2.81. The minimum absolute atomic E-state index is 0.454.